The highest BCUT2D eigenvalue weighted by atomic mass is 16.5. The molecule has 2 aromatic carbocycles. The van der Waals surface area contributed by atoms with E-state index >= 15 is 0 Å². The van der Waals surface area contributed by atoms with Gasteiger partial charge in [-0.15, -0.1) is 0 Å². The zero-order chi connectivity index (χ0) is 16.2. The molecule has 0 fully saturated rings. The molecule has 2 N–H and O–H groups in total. The minimum Gasteiger partial charge on any atom is -0.484 e. The number of hydrogen-bond donors (Lipinski definition) is 1. The van der Waals surface area contributed by atoms with Crippen molar-refractivity contribution in [1.29, 1.82) is 0 Å². The second kappa shape index (κ2) is 6.52. The molecule has 23 heavy (non-hydrogen) atoms. The van der Waals surface area contributed by atoms with Crippen LogP contribution in [0.2, 0.25) is 0 Å². The third-order valence-electron chi connectivity index (χ3n) is 3.92. The van der Waals surface area contributed by atoms with Crippen LogP contribution in [0.5, 0.6) is 5.75 Å². The number of ether oxygens (including phenoxy) is 1. The second-order valence-corrected chi connectivity index (χ2v) is 5.42. The molecule has 3 rings (SSSR count). The molecule has 5 heteroatoms. The predicted octanol–water partition coefficient (Wildman–Crippen LogP) is 2.14. The van der Waals surface area contributed by atoms with Crippen molar-refractivity contribution in [3.05, 3.63) is 59.7 Å². The number of nitrogens with zero attached hydrogens (tertiary/aromatic N) is 1. The number of benzene rings is 2. The van der Waals surface area contributed by atoms with Crippen LogP contribution >= 0.6 is 0 Å². The maximum absolute atomic E-state index is 12.5. The van der Waals surface area contributed by atoms with Crippen LogP contribution in [-0.2, 0) is 11.2 Å². The number of fused-ring (bicyclic) bond motifs is 1. The van der Waals surface area contributed by atoms with Crippen LogP contribution in [0.15, 0.2) is 48.5 Å². The van der Waals surface area contributed by atoms with Crippen molar-refractivity contribution in [2.75, 3.05) is 18.1 Å². The molecule has 5 nitrogen and oxygen atoms in total. The third-order valence-corrected chi connectivity index (χ3v) is 3.92. The number of hydrogen-bond acceptors (Lipinski definition) is 3. The molecule has 1 heterocycles. The molecular formula is C18H18N2O3. The zero-order valence-electron chi connectivity index (χ0n) is 12.7. The second-order valence-electron chi connectivity index (χ2n) is 5.42. The van der Waals surface area contributed by atoms with Crippen LogP contribution in [0.1, 0.15) is 22.3 Å². The Bertz CT molecular complexity index is 728. The average molecular weight is 310 g/mol. The lowest BCUT2D eigenvalue weighted by molar-refractivity contribution is -0.120. The Morgan fingerprint density at radius 3 is 2.61 bits per heavy atom. The van der Waals surface area contributed by atoms with Gasteiger partial charge in [-0.05, 0) is 42.7 Å². The van der Waals surface area contributed by atoms with Crippen LogP contribution < -0.4 is 15.4 Å². The minimum atomic E-state index is -0.461. The predicted molar refractivity (Wildman–Crippen MR) is 87.6 cm³/mol. The summed E-state index contributed by atoms with van der Waals surface area (Å²) in [5.74, 6) is 0.0667. The highest BCUT2D eigenvalue weighted by Gasteiger charge is 2.25. The first-order chi connectivity index (χ1) is 11.2. The summed E-state index contributed by atoms with van der Waals surface area (Å²) in [5.41, 5.74) is 7.52. The first-order valence-electron chi connectivity index (χ1n) is 7.56. The monoisotopic (exact) mass is 310 g/mol. The number of para-hydroxylation sites is 1. The minimum absolute atomic E-state index is 0.0374. The molecule has 2 aromatic rings. The molecule has 0 aliphatic carbocycles. The van der Waals surface area contributed by atoms with Crippen molar-refractivity contribution in [3.8, 4) is 5.75 Å². The van der Waals surface area contributed by atoms with E-state index in [0.29, 0.717) is 17.9 Å². The van der Waals surface area contributed by atoms with Gasteiger partial charge < -0.3 is 15.4 Å². The molecule has 0 aromatic heterocycles. The lowest BCUT2D eigenvalue weighted by Crippen LogP contribution is -2.39. The molecule has 0 unspecified atom stereocenters. The molecule has 0 radical (unpaired) electrons. The summed E-state index contributed by atoms with van der Waals surface area (Å²) < 4.78 is 5.53. The molecule has 0 saturated carbocycles. The smallest absolute Gasteiger partial charge is 0.264 e. The Morgan fingerprint density at radius 2 is 1.87 bits per heavy atom. The van der Waals surface area contributed by atoms with Gasteiger partial charge in [0.25, 0.3) is 5.91 Å². The number of anilines is 1. The number of nitrogens with two attached hydrogens (primary N) is 1. The van der Waals surface area contributed by atoms with E-state index in [1.165, 1.54) is 0 Å². The van der Waals surface area contributed by atoms with Crippen molar-refractivity contribution in [2.24, 2.45) is 5.73 Å². The Balaban J connectivity index is 1.78. The molecule has 0 saturated heterocycles. The average Bonchev–Trinajstić information content (AvgIpc) is 2.59. The molecule has 0 spiro atoms. The van der Waals surface area contributed by atoms with E-state index in [2.05, 4.69) is 0 Å². The van der Waals surface area contributed by atoms with E-state index in [0.717, 1.165) is 24.1 Å². The lowest BCUT2D eigenvalue weighted by atomic mass is 9.96. The first-order valence-corrected chi connectivity index (χ1v) is 7.56. The van der Waals surface area contributed by atoms with E-state index in [1.807, 2.05) is 36.4 Å². The Hall–Kier alpha value is -2.82. The van der Waals surface area contributed by atoms with Gasteiger partial charge in [0.2, 0.25) is 5.91 Å². The molecule has 1 aliphatic rings. The summed E-state index contributed by atoms with van der Waals surface area (Å²) in [4.78, 5) is 25.7. The van der Waals surface area contributed by atoms with E-state index in [9.17, 15) is 9.59 Å². The van der Waals surface area contributed by atoms with Gasteiger partial charge in [0, 0.05) is 17.8 Å². The molecule has 1 aliphatic heterocycles. The van der Waals surface area contributed by atoms with Crippen LogP contribution in [0.3, 0.4) is 0 Å². The first kappa shape index (κ1) is 15.1. The zero-order valence-corrected chi connectivity index (χ0v) is 12.7. The van der Waals surface area contributed by atoms with Crippen LogP contribution in [0.4, 0.5) is 5.69 Å². The molecule has 2 amide bonds. The van der Waals surface area contributed by atoms with Gasteiger partial charge in [-0.2, -0.15) is 0 Å². The fraction of sp³-hybridized carbons (Fsp3) is 0.222. The fourth-order valence-electron chi connectivity index (χ4n) is 2.85. The third kappa shape index (κ3) is 3.18. The summed E-state index contributed by atoms with van der Waals surface area (Å²) >= 11 is 0. The highest BCUT2D eigenvalue weighted by molar-refractivity contribution is 6.00. The molecule has 0 bridgehead atoms. The van der Waals surface area contributed by atoms with E-state index < -0.39 is 5.91 Å². The molecular weight excluding hydrogens is 292 g/mol. The van der Waals surface area contributed by atoms with Gasteiger partial charge in [-0.1, -0.05) is 24.3 Å². The molecule has 0 atom stereocenters. The van der Waals surface area contributed by atoms with E-state index in [-0.39, 0.29) is 12.5 Å². The van der Waals surface area contributed by atoms with Crippen LogP contribution in [-0.4, -0.2) is 25.0 Å². The Kier molecular flexibility index (Phi) is 4.28. The van der Waals surface area contributed by atoms with Crippen molar-refractivity contribution in [2.45, 2.75) is 12.8 Å². The number of primary amides is 1. The summed E-state index contributed by atoms with van der Waals surface area (Å²) in [6.07, 6.45) is 1.55. The summed E-state index contributed by atoms with van der Waals surface area (Å²) in [5, 5.41) is 0. The van der Waals surface area contributed by atoms with Crippen LogP contribution in [0, 0.1) is 0 Å². The fourth-order valence-corrected chi connectivity index (χ4v) is 2.85. The van der Waals surface area contributed by atoms with Gasteiger partial charge in [-0.25, -0.2) is 0 Å². The maximum atomic E-state index is 12.5. The van der Waals surface area contributed by atoms with E-state index in [1.54, 1.807) is 17.0 Å². The van der Waals surface area contributed by atoms with Crippen LogP contribution in [0.25, 0.3) is 0 Å². The SMILES string of the molecule is NC(=O)c1cccc2c1CCCN2C(=O)COc1ccccc1. The van der Waals surface area contributed by atoms with Gasteiger partial charge >= 0.3 is 0 Å². The van der Waals surface area contributed by atoms with Gasteiger partial charge in [-0.3, -0.25) is 9.59 Å². The number of carbonyl (C=O) groups is 2. The van der Waals surface area contributed by atoms with Crippen molar-refractivity contribution >= 4 is 17.5 Å². The van der Waals surface area contributed by atoms with Gasteiger partial charge in [0.1, 0.15) is 5.75 Å². The summed E-state index contributed by atoms with van der Waals surface area (Å²) in [6, 6.07) is 14.5. The van der Waals surface area contributed by atoms with Gasteiger partial charge in [0.15, 0.2) is 6.61 Å². The highest BCUT2D eigenvalue weighted by Crippen LogP contribution is 2.30. The Morgan fingerprint density at radius 1 is 1.09 bits per heavy atom. The normalized spacial score (nSPS) is 13.3. The number of amides is 2. The topological polar surface area (TPSA) is 72.6 Å². The number of rotatable bonds is 4. The lowest BCUT2D eigenvalue weighted by Gasteiger charge is -2.30. The van der Waals surface area contributed by atoms with Gasteiger partial charge in [0.05, 0.1) is 0 Å². The quantitative estimate of drug-likeness (QED) is 0.940. The standard InChI is InChI=1S/C18H18N2O3/c19-18(22)15-8-4-10-16-14(15)9-5-11-20(16)17(21)12-23-13-6-2-1-3-7-13/h1-4,6-8,10H,5,9,11-12H2,(H2,19,22). The van der Waals surface area contributed by atoms with E-state index in [4.69, 9.17) is 10.5 Å². The number of carbonyl (C=O) groups excluding carboxylic acids is 2. The van der Waals surface area contributed by atoms with Crippen molar-refractivity contribution < 1.29 is 14.3 Å². The Labute approximate surface area is 134 Å². The largest absolute Gasteiger partial charge is 0.484 e. The van der Waals surface area contributed by atoms with Crippen molar-refractivity contribution in [3.63, 3.8) is 0 Å². The maximum Gasteiger partial charge on any atom is 0.264 e. The summed E-state index contributed by atoms with van der Waals surface area (Å²) in [6.45, 7) is 0.580. The molecule has 118 valence electrons. The summed E-state index contributed by atoms with van der Waals surface area (Å²) in [7, 11) is 0. The van der Waals surface area contributed by atoms with Crippen molar-refractivity contribution in [1.82, 2.24) is 0 Å².